The molecule has 0 N–H and O–H groups in total. The van der Waals surface area contributed by atoms with Crippen LogP contribution in [-0.2, 0) is 20.9 Å². The zero-order valence-electron chi connectivity index (χ0n) is 17.2. The van der Waals surface area contributed by atoms with Gasteiger partial charge in [0.25, 0.3) is 11.1 Å². The molecule has 0 radical (unpaired) electrons. The number of halogens is 2. The number of carbonyl (C=O) groups is 3. The highest BCUT2D eigenvalue weighted by atomic mass is 127. The number of thioether (sulfide) groups is 1. The highest BCUT2D eigenvalue weighted by molar-refractivity contribution is 14.1. The number of methoxy groups -OCH3 is 1. The summed E-state index contributed by atoms with van der Waals surface area (Å²) in [5.41, 5.74) is 1.34. The molecule has 1 fully saturated rings. The fraction of sp³-hybridized carbons (Fsp3) is 0.227. The van der Waals surface area contributed by atoms with Gasteiger partial charge in [0.15, 0.2) is 18.1 Å². The molecule has 3 rings (SSSR count). The van der Waals surface area contributed by atoms with Crippen LogP contribution in [0, 0.1) is 3.57 Å². The van der Waals surface area contributed by atoms with E-state index in [-0.39, 0.29) is 25.0 Å². The predicted molar refractivity (Wildman–Crippen MR) is 131 cm³/mol. The lowest BCUT2D eigenvalue weighted by molar-refractivity contribution is -0.145. The fourth-order valence-electron chi connectivity index (χ4n) is 2.88. The number of nitrogens with zero attached hydrogens (tertiary/aromatic N) is 1. The predicted octanol–water partition coefficient (Wildman–Crippen LogP) is 5.13. The summed E-state index contributed by atoms with van der Waals surface area (Å²) in [6.07, 6.45) is 1.62. The molecule has 2 aromatic carbocycles. The number of carbonyl (C=O) groups excluding carboxylic acids is 3. The van der Waals surface area contributed by atoms with Gasteiger partial charge in [-0.1, -0.05) is 29.8 Å². The van der Waals surface area contributed by atoms with E-state index < -0.39 is 11.9 Å². The largest absolute Gasteiger partial charge is 0.493 e. The van der Waals surface area contributed by atoms with E-state index in [1.54, 1.807) is 49.4 Å². The molecule has 0 unspecified atom stereocenters. The third-order valence-electron chi connectivity index (χ3n) is 4.35. The molecule has 0 spiro atoms. The standard InChI is InChI=1S/C22H19ClINO6S/c1-3-30-19(26)12-31-20-16(24)8-13(9-17(20)29-2)10-18-21(27)25(22(28)32-18)11-14-6-4-5-7-15(14)23/h4-10H,3,11-12H2,1-2H3/b18-10+. The van der Waals surface area contributed by atoms with Gasteiger partial charge in [0, 0.05) is 5.02 Å². The maximum atomic E-state index is 12.8. The molecule has 2 aromatic rings. The second-order valence-electron chi connectivity index (χ2n) is 6.49. The lowest BCUT2D eigenvalue weighted by atomic mass is 10.1. The Kier molecular flexibility index (Phi) is 8.44. The number of imide groups is 1. The first kappa shape index (κ1) is 24.4. The normalized spacial score (nSPS) is 14.8. The van der Waals surface area contributed by atoms with Gasteiger partial charge >= 0.3 is 5.97 Å². The molecular weight excluding hydrogens is 569 g/mol. The summed E-state index contributed by atoms with van der Waals surface area (Å²) in [4.78, 5) is 38.3. The van der Waals surface area contributed by atoms with E-state index in [0.717, 1.165) is 16.7 Å². The van der Waals surface area contributed by atoms with Crippen molar-refractivity contribution in [2.24, 2.45) is 0 Å². The van der Waals surface area contributed by atoms with Gasteiger partial charge in [-0.2, -0.15) is 0 Å². The van der Waals surface area contributed by atoms with E-state index in [1.165, 1.54) is 7.11 Å². The number of esters is 1. The van der Waals surface area contributed by atoms with Crippen molar-refractivity contribution in [2.75, 3.05) is 20.3 Å². The Morgan fingerprint density at radius 3 is 2.69 bits per heavy atom. The molecule has 1 aliphatic heterocycles. The van der Waals surface area contributed by atoms with Crippen LogP contribution >= 0.6 is 46.0 Å². The van der Waals surface area contributed by atoms with Gasteiger partial charge in [-0.25, -0.2) is 4.79 Å². The highest BCUT2D eigenvalue weighted by Crippen LogP contribution is 2.38. The zero-order chi connectivity index (χ0) is 23.3. The van der Waals surface area contributed by atoms with E-state index in [2.05, 4.69) is 22.6 Å². The molecular formula is C22H19ClINO6S. The molecule has 2 amide bonds. The van der Waals surface area contributed by atoms with Crippen LogP contribution < -0.4 is 9.47 Å². The van der Waals surface area contributed by atoms with Crippen molar-refractivity contribution >= 4 is 69.1 Å². The van der Waals surface area contributed by atoms with Gasteiger partial charge in [0.05, 0.1) is 28.7 Å². The molecule has 0 saturated carbocycles. The zero-order valence-corrected chi connectivity index (χ0v) is 21.0. The summed E-state index contributed by atoms with van der Waals surface area (Å²) >= 11 is 9.08. The molecule has 0 atom stereocenters. The number of rotatable bonds is 8. The third-order valence-corrected chi connectivity index (χ3v) is 6.43. The van der Waals surface area contributed by atoms with Crippen molar-refractivity contribution in [3.63, 3.8) is 0 Å². The van der Waals surface area contributed by atoms with Gasteiger partial charge in [0.1, 0.15) is 0 Å². The van der Waals surface area contributed by atoms with Crippen LogP contribution in [0.2, 0.25) is 5.02 Å². The maximum absolute atomic E-state index is 12.8. The van der Waals surface area contributed by atoms with E-state index in [1.807, 2.05) is 0 Å². The van der Waals surface area contributed by atoms with E-state index in [0.29, 0.717) is 36.1 Å². The average molecular weight is 588 g/mol. The van der Waals surface area contributed by atoms with Crippen LogP contribution in [0.3, 0.4) is 0 Å². The topological polar surface area (TPSA) is 82.1 Å². The van der Waals surface area contributed by atoms with Crippen molar-refractivity contribution in [1.82, 2.24) is 4.90 Å². The van der Waals surface area contributed by atoms with Crippen molar-refractivity contribution in [3.8, 4) is 11.5 Å². The Hall–Kier alpha value is -2.24. The minimum Gasteiger partial charge on any atom is -0.493 e. The van der Waals surface area contributed by atoms with Crippen molar-refractivity contribution in [2.45, 2.75) is 13.5 Å². The highest BCUT2D eigenvalue weighted by Gasteiger charge is 2.35. The van der Waals surface area contributed by atoms with Gasteiger partial charge in [-0.3, -0.25) is 14.5 Å². The summed E-state index contributed by atoms with van der Waals surface area (Å²) in [7, 11) is 1.48. The molecule has 0 bridgehead atoms. The molecule has 1 saturated heterocycles. The van der Waals surface area contributed by atoms with Gasteiger partial charge in [0.2, 0.25) is 0 Å². The van der Waals surface area contributed by atoms with Crippen LogP contribution in [0.15, 0.2) is 41.3 Å². The van der Waals surface area contributed by atoms with Gasteiger partial charge in [-0.05, 0) is 76.7 Å². The monoisotopic (exact) mass is 587 g/mol. The smallest absolute Gasteiger partial charge is 0.344 e. The fourth-order valence-corrected chi connectivity index (χ4v) is 4.70. The van der Waals surface area contributed by atoms with E-state index in [4.69, 9.17) is 25.8 Å². The van der Waals surface area contributed by atoms with Crippen LogP contribution in [0.4, 0.5) is 4.79 Å². The van der Waals surface area contributed by atoms with Crippen molar-refractivity contribution in [1.29, 1.82) is 0 Å². The summed E-state index contributed by atoms with van der Waals surface area (Å²) in [6, 6.07) is 10.5. The lowest BCUT2D eigenvalue weighted by Gasteiger charge is -2.14. The Balaban J connectivity index is 1.81. The summed E-state index contributed by atoms with van der Waals surface area (Å²) in [5, 5.41) is 0.130. The average Bonchev–Trinajstić information content (AvgIpc) is 3.01. The molecule has 168 valence electrons. The molecule has 0 aliphatic carbocycles. The second kappa shape index (κ2) is 11.1. The number of ether oxygens (including phenoxy) is 3. The van der Waals surface area contributed by atoms with Crippen LogP contribution in [-0.4, -0.2) is 42.3 Å². The summed E-state index contributed by atoms with van der Waals surface area (Å²) in [5.74, 6) is -0.0916. The Morgan fingerprint density at radius 2 is 2.00 bits per heavy atom. The first-order valence-electron chi connectivity index (χ1n) is 9.48. The van der Waals surface area contributed by atoms with Crippen LogP contribution in [0.25, 0.3) is 6.08 Å². The van der Waals surface area contributed by atoms with Crippen LogP contribution in [0.5, 0.6) is 11.5 Å². The quantitative estimate of drug-likeness (QED) is 0.241. The number of hydrogen-bond donors (Lipinski definition) is 0. The number of amides is 2. The van der Waals surface area contributed by atoms with E-state index >= 15 is 0 Å². The van der Waals surface area contributed by atoms with Crippen molar-refractivity contribution in [3.05, 3.63) is 61.0 Å². The molecule has 7 nitrogen and oxygen atoms in total. The van der Waals surface area contributed by atoms with Gasteiger partial charge in [-0.15, -0.1) is 0 Å². The SMILES string of the molecule is CCOC(=O)COc1c(I)cc(/C=C2/SC(=O)N(Cc3ccccc3Cl)C2=O)cc1OC. The molecule has 1 aliphatic rings. The minimum absolute atomic E-state index is 0.100. The molecule has 10 heteroatoms. The van der Waals surface area contributed by atoms with Crippen LogP contribution in [0.1, 0.15) is 18.1 Å². The Labute approximate surface area is 208 Å². The molecule has 32 heavy (non-hydrogen) atoms. The summed E-state index contributed by atoms with van der Waals surface area (Å²) in [6.45, 7) is 1.83. The van der Waals surface area contributed by atoms with E-state index in [9.17, 15) is 14.4 Å². The Morgan fingerprint density at radius 1 is 1.25 bits per heavy atom. The van der Waals surface area contributed by atoms with Crippen molar-refractivity contribution < 1.29 is 28.6 Å². The lowest BCUT2D eigenvalue weighted by Crippen LogP contribution is -2.27. The van der Waals surface area contributed by atoms with Gasteiger partial charge < -0.3 is 14.2 Å². The minimum atomic E-state index is -0.485. The third kappa shape index (κ3) is 5.76. The first-order valence-corrected chi connectivity index (χ1v) is 11.8. The molecule has 1 heterocycles. The maximum Gasteiger partial charge on any atom is 0.344 e. The summed E-state index contributed by atoms with van der Waals surface area (Å²) < 4.78 is 16.5. The Bertz CT molecular complexity index is 1090. The number of hydrogen-bond acceptors (Lipinski definition) is 7. The molecule has 0 aromatic heterocycles. The first-order chi connectivity index (χ1) is 15.3. The second-order valence-corrected chi connectivity index (χ2v) is 9.05. The number of benzene rings is 2.